The molecular formula is C7H7NOP2. The smallest absolute Gasteiger partial charge is 0.138 e. The van der Waals surface area contributed by atoms with E-state index in [1.54, 1.807) is 9.12 Å². The molecule has 1 aromatic heterocycles. The summed E-state index contributed by atoms with van der Waals surface area (Å²) in [5.41, 5.74) is 1.15. The van der Waals surface area contributed by atoms with Gasteiger partial charge in [-0.15, -0.1) is 0 Å². The highest BCUT2D eigenvalue weighted by molar-refractivity contribution is 7.25. The zero-order valence-corrected chi connectivity index (χ0v) is 7.74. The van der Waals surface area contributed by atoms with Crippen molar-refractivity contribution in [1.29, 1.82) is 0 Å². The lowest BCUT2D eigenvalue weighted by Crippen LogP contribution is -1.61. The van der Waals surface area contributed by atoms with Crippen molar-refractivity contribution in [2.24, 2.45) is 0 Å². The van der Waals surface area contributed by atoms with Crippen molar-refractivity contribution in [2.75, 3.05) is 0 Å². The van der Waals surface area contributed by atoms with E-state index < -0.39 is 0 Å². The average Bonchev–Trinajstić information content (AvgIpc) is 2.55. The highest BCUT2D eigenvalue weighted by Gasteiger charge is 1.88. The van der Waals surface area contributed by atoms with Crippen LogP contribution in [0, 0.1) is 0 Å². The van der Waals surface area contributed by atoms with Gasteiger partial charge in [0.15, 0.2) is 0 Å². The minimum atomic E-state index is 0.646. The van der Waals surface area contributed by atoms with Gasteiger partial charge in [0.05, 0.1) is 5.52 Å². The van der Waals surface area contributed by atoms with Crippen LogP contribution in [0.25, 0.3) is 10.9 Å². The second-order valence-electron chi connectivity index (χ2n) is 1.94. The first kappa shape index (κ1) is 8.39. The third kappa shape index (κ3) is 1.86. The first-order chi connectivity index (χ1) is 5.47. The van der Waals surface area contributed by atoms with Crippen LogP contribution in [-0.2, 0) is 4.57 Å². The number of hydrogen-bond donors (Lipinski definition) is 0. The molecule has 1 aromatic carbocycles. The van der Waals surface area contributed by atoms with Gasteiger partial charge in [-0.25, -0.2) is 4.75 Å². The number of hydrogen-bond acceptors (Lipinski definition) is 2. The van der Waals surface area contributed by atoms with Crippen LogP contribution in [0.4, 0.5) is 0 Å². The predicted molar refractivity (Wildman–Crippen MR) is 50.2 cm³/mol. The number of nitrogens with zero attached hydrogens (tertiary/aromatic N) is 1. The monoisotopic (exact) mass is 183 g/mol. The SMILES string of the molecule is O=P.c1ccc2n[pH]cc2c1. The summed E-state index contributed by atoms with van der Waals surface area (Å²) in [7, 11) is 2.37. The van der Waals surface area contributed by atoms with Gasteiger partial charge in [-0.05, 0) is 20.2 Å². The number of para-hydroxylation sites is 1. The minimum Gasteiger partial charge on any atom is -0.279 e. The molecule has 0 radical (unpaired) electrons. The highest BCUT2D eigenvalue weighted by Crippen LogP contribution is 2.16. The second-order valence-corrected chi connectivity index (χ2v) is 2.71. The van der Waals surface area contributed by atoms with Crippen LogP contribution in [-0.4, -0.2) is 4.75 Å². The quantitative estimate of drug-likeness (QED) is 0.587. The zero-order chi connectivity index (χ0) is 8.10. The van der Waals surface area contributed by atoms with Crippen molar-refractivity contribution < 1.29 is 4.57 Å². The van der Waals surface area contributed by atoms with E-state index in [0.29, 0.717) is 8.35 Å². The lowest BCUT2D eigenvalue weighted by Gasteiger charge is -1.81. The van der Waals surface area contributed by atoms with Crippen molar-refractivity contribution in [3.8, 4) is 0 Å². The molecule has 0 amide bonds. The molecule has 0 bridgehead atoms. The molecule has 0 aliphatic carbocycles. The summed E-state index contributed by atoms with van der Waals surface area (Å²) in [6.45, 7) is 0. The van der Waals surface area contributed by atoms with Gasteiger partial charge in [-0.2, -0.15) is 0 Å². The van der Waals surface area contributed by atoms with E-state index in [4.69, 9.17) is 4.57 Å². The molecule has 0 spiro atoms. The van der Waals surface area contributed by atoms with E-state index >= 15 is 0 Å². The third-order valence-corrected chi connectivity index (χ3v) is 2.15. The molecule has 1 atom stereocenters. The standard InChI is InChI=1S/C7H6NP.HOP/c1-2-4-7-6(3-1)5-9-8-7;1-2/h1-5,9H;2H. The fourth-order valence-electron chi connectivity index (χ4n) is 0.883. The van der Waals surface area contributed by atoms with Crippen LogP contribution >= 0.6 is 17.5 Å². The van der Waals surface area contributed by atoms with Crippen molar-refractivity contribution >= 4 is 28.4 Å². The maximum Gasteiger partial charge on any atom is 0.138 e. The Hall–Kier alpha value is -0.710. The van der Waals surface area contributed by atoms with E-state index in [1.165, 1.54) is 5.39 Å². The third-order valence-electron chi connectivity index (χ3n) is 1.34. The summed E-state index contributed by atoms with van der Waals surface area (Å²) in [4.78, 5) is 0. The molecule has 1 unspecified atom stereocenters. The highest BCUT2D eigenvalue weighted by atomic mass is 31.0. The largest absolute Gasteiger partial charge is 0.279 e. The molecule has 0 saturated heterocycles. The minimum absolute atomic E-state index is 0.646. The Morgan fingerprint density at radius 2 is 2.00 bits per heavy atom. The Morgan fingerprint density at radius 1 is 1.27 bits per heavy atom. The molecule has 4 heteroatoms. The molecular weight excluding hydrogens is 176 g/mol. The number of benzene rings is 1. The summed E-state index contributed by atoms with van der Waals surface area (Å²) in [6.07, 6.45) is 0. The molecule has 0 fully saturated rings. The van der Waals surface area contributed by atoms with E-state index in [9.17, 15) is 0 Å². The second kappa shape index (κ2) is 4.23. The Kier molecular flexibility index (Phi) is 3.22. The molecule has 1 heterocycles. The Bertz CT molecular complexity index is 303. The summed E-state index contributed by atoms with van der Waals surface area (Å²) < 4.78 is 12.3. The van der Waals surface area contributed by atoms with Gasteiger partial charge in [-0.3, -0.25) is 4.57 Å². The molecule has 0 aliphatic heterocycles. The molecule has 0 N–H and O–H groups in total. The maximum absolute atomic E-state index is 8.06. The van der Waals surface area contributed by atoms with Crippen molar-refractivity contribution in [3.63, 3.8) is 0 Å². The molecule has 2 nitrogen and oxygen atoms in total. The maximum atomic E-state index is 8.06. The van der Waals surface area contributed by atoms with Crippen LogP contribution in [0.3, 0.4) is 0 Å². The van der Waals surface area contributed by atoms with Crippen LogP contribution in [0.1, 0.15) is 0 Å². The number of aromatic nitrogens is 1. The summed E-state index contributed by atoms with van der Waals surface area (Å²) >= 11 is 0. The summed E-state index contributed by atoms with van der Waals surface area (Å²) in [6, 6.07) is 8.21. The van der Waals surface area contributed by atoms with Gasteiger partial charge in [0, 0.05) is 5.39 Å². The van der Waals surface area contributed by atoms with Crippen molar-refractivity contribution in [1.82, 2.24) is 4.75 Å². The average molecular weight is 183 g/mol. The lowest BCUT2D eigenvalue weighted by atomic mass is 10.3. The Morgan fingerprint density at radius 3 is 2.73 bits per heavy atom. The molecule has 56 valence electrons. The first-order valence-electron chi connectivity index (χ1n) is 3.06. The predicted octanol–water partition coefficient (Wildman–Crippen LogP) is 2.74. The van der Waals surface area contributed by atoms with E-state index in [-0.39, 0.29) is 0 Å². The topological polar surface area (TPSA) is 30.0 Å². The number of fused-ring (bicyclic) bond motifs is 1. The van der Waals surface area contributed by atoms with Crippen molar-refractivity contribution in [2.45, 2.75) is 0 Å². The van der Waals surface area contributed by atoms with Gasteiger partial charge in [-0.1, -0.05) is 18.2 Å². The zero-order valence-electron chi connectivity index (χ0n) is 5.74. The normalized spacial score (nSPS) is 9.45. The first-order valence-corrected chi connectivity index (χ1v) is 4.49. The lowest BCUT2D eigenvalue weighted by molar-refractivity contribution is 0.607. The molecule has 0 aliphatic rings. The van der Waals surface area contributed by atoms with Gasteiger partial charge < -0.3 is 0 Å². The van der Waals surface area contributed by atoms with Crippen LogP contribution in [0.15, 0.2) is 30.1 Å². The Labute approximate surface area is 68.4 Å². The van der Waals surface area contributed by atoms with E-state index in [2.05, 4.69) is 16.6 Å². The molecule has 11 heavy (non-hydrogen) atoms. The number of rotatable bonds is 0. The Balaban J connectivity index is 0.000000281. The van der Waals surface area contributed by atoms with Crippen molar-refractivity contribution in [3.05, 3.63) is 30.1 Å². The van der Waals surface area contributed by atoms with Crippen LogP contribution in [0.2, 0.25) is 0 Å². The van der Waals surface area contributed by atoms with E-state index in [1.807, 2.05) is 18.2 Å². The summed E-state index contributed by atoms with van der Waals surface area (Å²) in [5.74, 6) is 2.16. The fraction of sp³-hybridized carbons (Fsp3) is 0. The van der Waals surface area contributed by atoms with Gasteiger partial charge in [0.1, 0.15) is 9.12 Å². The summed E-state index contributed by atoms with van der Waals surface area (Å²) in [5, 5.41) is 1.29. The van der Waals surface area contributed by atoms with Gasteiger partial charge in [0.2, 0.25) is 0 Å². The fourth-order valence-corrected chi connectivity index (χ4v) is 1.67. The molecule has 0 saturated carbocycles. The van der Waals surface area contributed by atoms with Crippen LogP contribution < -0.4 is 0 Å². The van der Waals surface area contributed by atoms with Gasteiger partial charge >= 0.3 is 0 Å². The van der Waals surface area contributed by atoms with E-state index in [0.717, 1.165) is 5.52 Å². The molecule has 2 aromatic rings. The van der Waals surface area contributed by atoms with Gasteiger partial charge in [0.25, 0.3) is 0 Å². The van der Waals surface area contributed by atoms with Crippen LogP contribution in [0.5, 0.6) is 0 Å². The molecule has 2 rings (SSSR count).